The van der Waals surface area contributed by atoms with Gasteiger partial charge in [-0.1, -0.05) is 17.7 Å². The van der Waals surface area contributed by atoms with Crippen LogP contribution in [0, 0.1) is 6.92 Å². The van der Waals surface area contributed by atoms with Crippen LogP contribution >= 0.6 is 11.6 Å². The molecule has 0 atom stereocenters. The van der Waals surface area contributed by atoms with Gasteiger partial charge in [-0.05, 0) is 31.2 Å². The zero-order valence-corrected chi connectivity index (χ0v) is 14.6. The van der Waals surface area contributed by atoms with E-state index in [9.17, 15) is 14.4 Å². The van der Waals surface area contributed by atoms with Crippen LogP contribution in [-0.2, 0) is 14.1 Å². The van der Waals surface area contributed by atoms with Gasteiger partial charge in [0.25, 0.3) is 11.5 Å². The number of halogens is 1. The van der Waals surface area contributed by atoms with Crippen molar-refractivity contribution in [2.45, 2.75) is 6.92 Å². The third-order valence-electron chi connectivity index (χ3n) is 3.95. The van der Waals surface area contributed by atoms with Gasteiger partial charge in [0, 0.05) is 24.8 Å². The van der Waals surface area contributed by atoms with E-state index in [1.165, 1.54) is 24.7 Å². The summed E-state index contributed by atoms with van der Waals surface area (Å²) in [7, 11) is 2.91. The average Bonchev–Trinajstić information content (AvgIpc) is 2.57. The summed E-state index contributed by atoms with van der Waals surface area (Å²) in [4.78, 5) is 41.2. The second-order valence-corrected chi connectivity index (χ2v) is 6.10. The van der Waals surface area contributed by atoms with Gasteiger partial charge in [0.15, 0.2) is 0 Å². The first-order valence-corrected chi connectivity index (χ1v) is 7.81. The molecule has 0 unspecified atom stereocenters. The molecule has 1 amide bonds. The number of amides is 1. The fraction of sp³-hybridized carbons (Fsp3) is 0.176. The smallest absolute Gasteiger partial charge is 0.322 e. The number of hydrogen-bond donors (Lipinski definition) is 1. The predicted molar refractivity (Wildman–Crippen MR) is 96.4 cm³/mol. The van der Waals surface area contributed by atoms with Crippen molar-refractivity contribution in [2.24, 2.45) is 14.1 Å². The highest BCUT2D eigenvalue weighted by Crippen LogP contribution is 2.18. The number of fused-ring (bicyclic) bond motifs is 1. The fourth-order valence-electron chi connectivity index (χ4n) is 2.58. The molecule has 0 saturated carbocycles. The second kappa shape index (κ2) is 6.18. The van der Waals surface area contributed by atoms with E-state index in [0.29, 0.717) is 16.4 Å². The molecule has 0 saturated heterocycles. The second-order valence-electron chi connectivity index (χ2n) is 5.66. The lowest BCUT2D eigenvalue weighted by Gasteiger charge is -2.11. The maximum absolute atomic E-state index is 12.6. The Bertz CT molecular complexity index is 1130. The first-order valence-electron chi connectivity index (χ1n) is 7.44. The lowest BCUT2D eigenvalue weighted by molar-refractivity contribution is 0.102. The monoisotopic (exact) mass is 358 g/mol. The van der Waals surface area contributed by atoms with Crippen molar-refractivity contribution >= 4 is 34.2 Å². The molecule has 0 aliphatic rings. The van der Waals surface area contributed by atoms with Crippen LogP contribution in [0.1, 0.15) is 16.1 Å². The average molecular weight is 359 g/mol. The van der Waals surface area contributed by atoms with Crippen molar-refractivity contribution in [3.05, 3.63) is 67.4 Å². The zero-order chi connectivity index (χ0) is 18.3. The summed E-state index contributed by atoms with van der Waals surface area (Å²) in [6, 6.07) is 8.20. The van der Waals surface area contributed by atoms with E-state index in [2.05, 4.69) is 10.3 Å². The Labute approximate surface area is 147 Å². The summed E-state index contributed by atoms with van der Waals surface area (Å²) in [5.74, 6) is -0.412. The maximum Gasteiger partial charge on any atom is 0.332 e. The normalized spacial score (nSPS) is 10.9. The first-order chi connectivity index (χ1) is 11.8. The molecule has 0 radical (unpaired) electrons. The van der Waals surface area contributed by atoms with Gasteiger partial charge in [-0.15, -0.1) is 0 Å². The zero-order valence-electron chi connectivity index (χ0n) is 13.8. The number of rotatable bonds is 2. The van der Waals surface area contributed by atoms with E-state index >= 15 is 0 Å². The Morgan fingerprint density at radius 2 is 1.88 bits per heavy atom. The highest BCUT2D eigenvalue weighted by molar-refractivity contribution is 6.31. The molecule has 128 valence electrons. The number of hydrogen-bond acceptors (Lipinski definition) is 4. The Morgan fingerprint density at radius 3 is 2.56 bits per heavy atom. The van der Waals surface area contributed by atoms with Crippen molar-refractivity contribution < 1.29 is 4.79 Å². The number of aromatic nitrogens is 3. The van der Waals surface area contributed by atoms with Gasteiger partial charge < -0.3 is 5.32 Å². The van der Waals surface area contributed by atoms with E-state index in [-0.39, 0.29) is 16.6 Å². The van der Waals surface area contributed by atoms with Crippen molar-refractivity contribution in [3.8, 4) is 0 Å². The molecule has 7 nitrogen and oxygen atoms in total. The highest BCUT2D eigenvalue weighted by atomic mass is 35.5. The van der Waals surface area contributed by atoms with Crippen molar-refractivity contribution in [1.29, 1.82) is 0 Å². The number of aryl methyl sites for hydroxylation is 2. The minimum Gasteiger partial charge on any atom is -0.322 e. The van der Waals surface area contributed by atoms with Gasteiger partial charge >= 0.3 is 5.69 Å². The van der Waals surface area contributed by atoms with Crippen molar-refractivity contribution in [3.63, 3.8) is 0 Å². The summed E-state index contributed by atoms with van der Waals surface area (Å²) < 4.78 is 2.26. The minimum absolute atomic E-state index is 0.200. The molecule has 0 fully saturated rings. The number of nitrogens with zero attached hydrogens (tertiary/aromatic N) is 3. The summed E-state index contributed by atoms with van der Waals surface area (Å²) >= 11 is 5.91. The Kier molecular flexibility index (Phi) is 4.18. The van der Waals surface area contributed by atoms with Gasteiger partial charge in [0.1, 0.15) is 5.65 Å². The topological polar surface area (TPSA) is 86.0 Å². The number of benzene rings is 1. The van der Waals surface area contributed by atoms with Crippen LogP contribution in [0.5, 0.6) is 0 Å². The largest absolute Gasteiger partial charge is 0.332 e. The standard InChI is InChI=1S/C17H15ClN4O3/c1-9-12(15(23)20-11-6-4-5-10(18)7-11)8-13-14(19-9)21(2)17(25)22(3)16(13)24/h4-8H,1-3H3,(H,20,23). The Hall–Kier alpha value is -2.93. The fourth-order valence-corrected chi connectivity index (χ4v) is 2.77. The number of anilines is 1. The van der Waals surface area contributed by atoms with Gasteiger partial charge in [-0.3, -0.25) is 18.7 Å². The van der Waals surface area contributed by atoms with Gasteiger partial charge in [-0.25, -0.2) is 9.78 Å². The van der Waals surface area contributed by atoms with Crippen molar-refractivity contribution in [1.82, 2.24) is 14.1 Å². The molecular formula is C17H15ClN4O3. The van der Waals surface area contributed by atoms with Crippen molar-refractivity contribution in [2.75, 3.05) is 5.32 Å². The van der Waals surface area contributed by atoms with E-state index in [1.54, 1.807) is 31.2 Å². The van der Waals surface area contributed by atoms with Crippen LogP contribution in [0.3, 0.4) is 0 Å². The van der Waals surface area contributed by atoms with Crippen LogP contribution in [0.2, 0.25) is 5.02 Å². The number of carbonyl (C=O) groups is 1. The number of carbonyl (C=O) groups excluding carboxylic acids is 1. The Balaban J connectivity index is 2.14. The molecule has 8 heteroatoms. The summed E-state index contributed by atoms with van der Waals surface area (Å²) in [5, 5.41) is 3.42. The molecule has 25 heavy (non-hydrogen) atoms. The predicted octanol–water partition coefficient (Wildman–Crippen LogP) is 1.85. The molecule has 3 aromatic rings. The van der Waals surface area contributed by atoms with E-state index in [0.717, 1.165) is 4.57 Å². The van der Waals surface area contributed by atoms with E-state index in [4.69, 9.17) is 11.6 Å². The summed E-state index contributed by atoms with van der Waals surface area (Å²) in [6.07, 6.45) is 0. The van der Waals surface area contributed by atoms with Gasteiger partial charge in [0.2, 0.25) is 0 Å². The summed E-state index contributed by atoms with van der Waals surface area (Å²) in [6.45, 7) is 1.65. The molecule has 0 bridgehead atoms. The molecule has 0 aliphatic heterocycles. The third-order valence-corrected chi connectivity index (χ3v) is 4.18. The highest BCUT2D eigenvalue weighted by Gasteiger charge is 2.16. The lowest BCUT2D eigenvalue weighted by Crippen LogP contribution is -2.37. The number of pyridine rings is 1. The molecule has 0 aliphatic carbocycles. The molecule has 3 rings (SSSR count). The third kappa shape index (κ3) is 2.94. The molecular weight excluding hydrogens is 344 g/mol. The molecule has 2 aromatic heterocycles. The first kappa shape index (κ1) is 16.9. The van der Waals surface area contributed by atoms with Crippen LogP contribution in [0.15, 0.2) is 39.9 Å². The van der Waals surface area contributed by atoms with Crippen LogP contribution in [0.25, 0.3) is 11.0 Å². The molecule has 2 heterocycles. The summed E-state index contributed by atoms with van der Waals surface area (Å²) in [5.41, 5.74) is 0.469. The maximum atomic E-state index is 12.6. The lowest BCUT2D eigenvalue weighted by atomic mass is 10.1. The SMILES string of the molecule is Cc1nc2c(cc1C(=O)Nc1cccc(Cl)c1)c(=O)n(C)c(=O)n2C. The minimum atomic E-state index is -0.498. The van der Waals surface area contributed by atoms with Gasteiger partial charge in [0.05, 0.1) is 16.6 Å². The van der Waals surface area contributed by atoms with E-state index in [1.807, 2.05) is 0 Å². The quantitative estimate of drug-likeness (QED) is 0.757. The molecule has 1 N–H and O–H groups in total. The van der Waals surface area contributed by atoms with Gasteiger partial charge in [-0.2, -0.15) is 0 Å². The van der Waals surface area contributed by atoms with Crippen LogP contribution in [0.4, 0.5) is 5.69 Å². The number of nitrogens with one attached hydrogen (secondary N) is 1. The van der Waals surface area contributed by atoms with Crippen LogP contribution < -0.4 is 16.6 Å². The Morgan fingerprint density at radius 1 is 1.16 bits per heavy atom. The van der Waals surface area contributed by atoms with Crippen LogP contribution in [-0.4, -0.2) is 20.0 Å². The molecule has 1 aromatic carbocycles. The molecule has 0 spiro atoms. The van der Waals surface area contributed by atoms with E-state index < -0.39 is 17.2 Å².